The Kier molecular flexibility index (Phi) is 5.84. The maximum absolute atomic E-state index is 11.8. The Morgan fingerprint density at radius 2 is 1.48 bits per heavy atom. The zero-order chi connectivity index (χ0) is 15.1. The number of carbonyl (C=O) groups excluding carboxylic acids is 1. The molecule has 0 saturated carbocycles. The molecule has 3 nitrogen and oxygen atoms in total. The first-order valence-electron chi connectivity index (χ1n) is 6.85. The number of amides is 1. The molecule has 1 amide bonds. The minimum absolute atomic E-state index is 0.0156. The van der Waals surface area contributed by atoms with Crippen molar-refractivity contribution in [2.45, 2.75) is 5.25 Å². The molecule has 2 aromatic carbocycles. The van der Waals surface area contributed by atoms with Gasteiger partial charge in [-0.3, -0.25) is 10.2 Å². The van der Waals surface area contributed by atoms with Gasteiger partial charge in [0.15, 0.2) is 0 Å². The highest BCUT2D eigenvalue weighted by atomic mass is 32.2. The molecule has 0 aliphatic heterocycles. The predicted molar refractivity (Wildman–Crippen MR) is 89.0 cm³/mol. The Balaban J connectivity index is 2.12. The molecule has 2 rings (SSSR count). The van der Waals surface area contributed by atoms with E-state index in [1.54, 1.807) is 16.8 Å². The Labute approximate surface area is 130 Å². The van der Waals surface area contributed by atoms with E-state index in [0.717, 1.165) is 0 Å². The van der Waals surface area contributed by atoms with E-state index in [2.05, 4.69) is 29.7 Å². The SMILES string of the molecule is CN(C)NC(=O)CSC(c1ccccc1)c1ccccc1. The number of hydrazine groups is 1. The van der Waals surface area contributed by atoms with Gasteiger partial charge in [0.2, 0.25) is 5.91 Å². The van der Waals surface area contributed by atoms with Crippen LogP contribution in [0.2, 0.25) is 0 Å². The third-order valence-electron chi connectivity index (χ3n) is 2.93. The van der Waals surface area contributed by atoms with Gasteiger partial charge in [0.25, 0.3) is 0 Å². The zero-order valence-electron chi connectivity index (χ0n) is 12.3. The quantitative estimate of drug-likeness (QED) is 0.832. The van der Waals surface area contributed by atoms with Crippen LogP contribution in [0.15, 0.2) is 60.7 Å². The average Bonchev–Trinajstić information content (AvgIpc) is 2.49. The van der Waals surface area contributed by atoms with Gasteiger partial charge in [-0.15, -0.1) is 11.8 Å². The second kappa shape index (κ2) is 7.86. The number of nitrogens with one attached hydrogen (secondary N) is 1. The second-order valence-corrected chi connectivity index (χ2v) is 6.04. The van der Waals surface area contributed by atoms with Crippen molar-refractivity contribution in [3.63, 3.8) is 0 Å². The lowest BCUT2D eigenvalue weighted by Crippen LogP contribution is -2.37. The van der Waals surface area contributed by atoms with Gasteiger partial charge >= 0.3 is 0 Å². The smallest absolute Gasteiger partial charge is 0.244 e. The molecule has 0 aliphatic rings. The minimum atomic E-state index is 0.0156. The standard InChI is InChI=1S/C17H20N2OS/c1-19(2)18-16(20)13-21-17(14-9-5-3-6-10-14)15-11-7-4-8-12-15/h3-12,17H,13H2,1-2H3,(H,18,20). The molecule has 2 aromatic rings. The predicted octanol–water partition coefficient (Wildman–Crippen LogP) is 3.10. The summed E-state index contributed by atoms with van der Waals surface area (Å²) in [6, 6.07) is 20.6. The van der Waals surface area contributed by atoms with Crippen LogP contribution in [0.5, 0.6) is 0 Å². The molecule has 0 spiro atoms. The number of thioether (sulfide) groups is 1. The second-order valence-electron chi connectivity index (χ2n) is 4.94. The Morgan fingerprint density at radius 3 is 1.90 bits per heavy atom. The Hall–Kier alpha value is -1.78. The fraction of sp³-hybridized carbons (Fsp3) is 0.235. The van der Waals surface area contributed by atoms with Gasteiger partial charge in [-0.05, 0) is 11.1 Å². The summed E-state index contributed by atoms with van der Waals surface area (Å²) in [4.78, 5) is 11.8. The molecule has 1 N–H and O–H groups in total. The van der Waals surface area contributed by atoms with E-state index in [1.807, 2.05) is 50.5 Å². The van der Waals surface area contributed by atoms with Crippen LogP contribution in [0.1, 0.15) is 16.4 Å². The summed E-state index contributed by atoms with van der Waals surface area (Å²) in [5.41, 5.74) is 5.20. The minimum Gasteiger partial charge on any atom is -0.289 e. The molecule has 0 heterocycles. The molecular formula is C17H20N2OS. The first-order chi connectivity index (χ1) is 10.2. The molecule has 0 aromatic heterocycles. The van der Waals surface area contributed by atoms with Crippen molar-refractivity contribution in [3.05, 3.63) is 71.8 Å². The fourth-order valence-corrected chi connectivity index (χ4v) is 3.16. The monoisotopic (exact) mass is 300 g/mol. The van der Waals surface area contributed by atoms with Crippen molar-refractivity contribution >= 4 is 17.7 Å². The van der Waals surface area contributed by atoms with Gasteiger partial charge in [0.05, 0.1) is 11.0 Å². The molecule has 0 unspecified atom stereocenters. The number of rotatable bonds is 6. The first kappa shape index (κ1) is 15.6. The van der Waals surface area contributed by atoms with Crippen LogP contribution in [0.25, 0.3) is 0 Å². The van der Waals surface area contributed by atoms with E-state index in [1.165, 1.54) is 11.1 Å². The first-order valence-corrected chi connectivity index (χ1v) is 7.90. The van der Waals surface area contributed by atoms with E-state index < -0.39 is 0 Å². The summed E-state index contributed by atoms with van der Waals surface area (Å²) >= 11 is 1.64. The van der Waals surface area contributed by atoms with Crippen LogP contribution in [0.4, 0.5) is 0 Å². The summed E-state index contributed by atoms with van der Waals surface area (Å²) in [7, 11) is 3.63. The van der Waals surface area contributed by atoms with Crippen molar-refractivity contribution in [2.75, 3.05) is 19.8 Å². The van der Waals surface area contributed by atoms with E-state index in [0.29, 0.717) is 5.75 Å². The fourth-order valence-electron chi connectivity index (χ4n) is 2.08. The molecular weight excluding hydrogens is 280 g/mol. The number of hydrogen-bond acceptors (Lipinski definition) is 3. The normalized spacial score (nSPS) is 10.9. The molecule has 21 heavy (non-hydrogen) atoms. The Bertz CT molecular complexity index is 518. The van der Waals surface area contributed by atoms with Crippen LogP contribution in [0.3, 0.4) is 0 Å². The highest BCUT2D eigenvalue weighted by molar-refractivity contribution is 8.00. The highest BCUT2D eigenvalue weighted by Crippen LogP contribution is 2.35. The zero-order valence-corrected chi connectivity index (χ0v) is 13.1. The van der Waals surface area contributed by atoms with Gasteiger partial charge < -0.3 is 0 Å². The maximum atomic E-state index is 11.8. The summed E-state index contributed by atoms with van der Waals surface area (Å²) in [6.45, 7) is 0. The van der Waals surface area contributed by atoms with Crippen LogP contribution in [0, 0.1) is 0 Å². The van der Waals surface area contributed by atoms with Crippen LogP contribution >= 0.6 is 11.8 Å². The number of benzene rings is 2. The molecule has 0 saturated heterocycles. The molecule has 0 bridgehead atoms. The third kappa shape index (κ3) is 4.92. The van der Waals surface area contributed by atoms with Crippen LogP contribution in [-0.4, -0.2) is 30.8 Å². The average molecular weight is 300 g/mol. The number of nitrogens with zero attached hydrogens (tertiary/aromatic N) is 1. The van der Waals surface area contributed by atoms with Gasteiger partial charge in [-0.1, -0.05) is 60.7 Å². The summed E-state index contributed by atoms with van der Waals surface area (Å²) in [6.07, 6.45) is 0. The van der Waals surface area contributed by atoms with E-state index in [4.69, 9.17) is 0 Å². The van der Waals surface area contributed by atoms with E-state index in [9.17, 15) is 4.79 Å². The lowest BCUT2D eigenvalue weighted by Gasteiger charge is -2.18. The lowest BCUT2D eigenvalue weighted by molar-refractivity contribution is -0.122. The maximum Gasteiger partial charge on any atom is 0.244 e. The van der Waals surface area contributed by atoms with Crippen molar-refractivity contribution < 1.29 is 4.79 Å². The molecule has 0 radical (unpaired) electrons. The lowest BCUT2D eigenvalue weighted by atomic mass is 10.0. The van der Waals surface area contributed by atoms with Gasteiger partial charge in [0, 0.05) is 14.1 Å². The largest absolute Gasteiger partial charge is 0.289 e. The van der Waals surface area contributed by atoms with Gasteiger partial charge in [-0.2, -0.15) is 0 Å². The van der Waals surface area contributed by atoms with Crippen molar-refractivity contribution in [1.82, 2.24) is 10.4 Å². The number of hydrogen-bond donors (Lipinski definition) is 1. The van der Waals surface area contributed by atoms with Crippen molar-refractivity contribution in [1.29, 1.82) is 0 Å². The van der Waals surface area contributed by atoms with Crippen molar-refractivity contribution in [3.8, 4) is 0 Å². The molecule has 4 heteroatoms. The summed E-state index contributed by atoms with van der Waals surface area (Å²) in [5.74, 6) is 0.439. The van der Waals surface area contributed by atoms with Crippen LogP contribution in [-0.2, 0) is 4.79 Å². The van der Waals surface area contributed by atoms with Crippen molar-refractivity contribution in [2.24, 2.45) is 0 Å². The van der Waals surface area contributed by atoms with Crippen LogP contribution < -0.4 is 5.43 Å². The summed E-state index contributed by atoms with van der Waals surface area (Å²) < 4.78 is 0. The molecule has 0 fully saturated rings. The van der Waals surface area contributed by atoms with Gasteiger partial charge in [-0.25, -0.2) is 5.01 Å². The molecule has 110 valence electrons. The van der Waals surface area contributed by atoms with E-state index in [-0.39, 0.29) is 11.2 Å². The topological polar surface area (TPSA) is 32.3 Å². The Morgan fingerprint density at radius 1 is 1.00 bits per heavy atom. The van der Waals surface area contributed by atoms with E-state index >= 15 is 0 Å². The third-order valence-corrected chi connectivity index (χ3v) is 4.24. The summed E-state index contributed by atoms with van der Waals surface area (Å²) in [5, 5.41) is 1.84. The van der Waals surface area contributed by atoms with Gasteiger partial charge in [0.1, 0.15) is 0 Å². The molecule has 0 atom stereocenters. The number of carbonyl (C=O) groups is 1. The molecule has 0 aliphatic carbocycles. The highest BCUT2D eigenvalue weighted by Gasteiger charge is 2.16.